The number of nitrogens with one attached hydrogen (secondary N) is 1. The summed E-state index contributed by atoms with van der Waals surface area (Å²) >= 11 is 6.80. The quantitative estimate of drug-likeness (QED) is 0.736. The lowest BCUT2D eigenvalue weighted by molar-refractivity contribution is 0.240. The zero-order chi connectivity index (χ0) is 15.6. The molecule has 0 spiro atoms. The molecule has 0 unspecified atom stereocenters. The number of hydrogen-bond acceptors (Lipinski definition) is 5. The van der Waals surface area contributed by atoms with Gasteiger partial charge < -0.3 is 4.98 Å². The van der Waals surface area contributed by atoms with Crippen LogP contribution >= 0.6 is 23.6 Å². The van der Waals surface area contributed by atoms with Gasteiger partial charge in [-0.1, -0.05) is 6.07 Å². The zero-order valence-electron chi connectivity index (χ0n) is 12.5. The highest BCUT2D eigenvalue weighted by atomic mass is 32.1. The summed E-state index contributed by atoms with van der Waals surface area (Å²) in [6, 6.07) is 8.37. The largest absolute Gasteiger partial charge is 0.334 e. The number of rotatable bonds is 3. The van der Waals surface area contributed by atoms with Gasteiger partial charge in [-0.3, -0.25) is 9.88 Å². The molecule has 0 amide bonds. The second-order valence-corrected chi connectivity index (χ2v) is 6.85. The summed E-state index contributed by atoms with van der Waals surface area (Å²) in [5.41, 5.74) is 5.80. The Bertz CT molecular complexity index is 870. The molecule has 0 fully saturated rings. The highest BCUT2D eigenvalue weighted by Crippen LogP contribution is 2.22. The van der Waals surface area contributed by atoms with Crippen LogP contribution in [0.2, 0.25) is 0 Å². The molecule has 4 rings (SSSR count). The smallest absolute Gasteiger partial charge is 0.196 e. The van der Waals surface area contributed by atoms with Gasteiger partial charge in [-0.05, 0) is 35.8 Å². The molecule has 0 radical (unpaired) electrons. The molecule has 0 saturated carbocycles. The Balaban J connectivity index is 1.52. The Labute approximate surface area is 143 Å². The molecule has 0 aliphatic carbocycles. The van der Waals surface area contributed by atoms with Crippen molar-refractivity contribution in [1.82, 2.24) is 19.9 Å². The first kappa shape index (κ1) is 14.7. The van der Waals surface area contributed by atoms with E-state index in [4.69, 9.17) is 17.2 Å². The molecule has 0 aromatic carbocycles. The molecule has 0 atom stereocenters. The Morgan fingerprint density at radius 1 is 1.30 bits per heavy atom. The maximum absolute atomic E-state index is 5.10. The van der Waals surface area contributed by atoms with Gasteiger partial charge in [0.25, 0.3) is 0 Å². The number of hydrogen-bond donors (Lipinski definition) is 1. The van der Waals surface area contributed by atoms with E-state index in [1.165, 1.54) is 16.8 Å². The summed E-state index contributed by atoms with van der Waals surface area (Å²) in [6.07, 6.45) is 2.88. The molecule has 116 valence electrons. The number of nitrogens with zero attached hydrogens (tertiary/aromatic N) is 3. The first-order valence-corrected chi connectivity index (χ1v) is 8.91. The minimum atomic E-state index is 0.572. The molecule has 0 bridgehead atoms. The van der Waals surface area contributed by atoms with Crippen molar-refractivity contribution in [3.05, 3.63) is 62.9 Å². The van der Waals surface area contributed by atoms with Gasteiger partial charge >= 0.3 is 0 Å². The van der Waals surface area contributed by atoms with Gasteiger partial charge in [-0.15, -0.1) is 0 Å². The third kappa shape index (κ3) is 3.24. The van der Waals surface area contributed by atoms with Crippen LogP contribution in [0.15, 0.2) is 41.2 Å². The number of aromatic nitrogens is 3. The molecule has 1 aliphatic rings. The molecular weight excluding hydrogens is 324 g/mol. The van der Waals surface area contributed by atoms with Crippen LogP contribution in [-0.2, 0) is 19.5 Å². The summed E-state index contributed by atoms with van der Waals surface area (Å²) in [5, 5.41) is 4.22. The van der Waals surface area contributed by atoms with Gasteiger partial charge in [0.05, 0.1) is 11.4 Å². The normalized spacial score (nSPS) is 14.6. The monoisotopic (exact) mass is 340 g/mol. The van der Waals surface area contributed by atoms with Gasteiger partial charge in [0, 0.05) is 54.5 Å². The summed E-state index contributed by atoms with van der Waals surface area (Å²) in [4.78, 5) is 14.6. The maximum atomic E-state index is 5.10. The van der Waals surface area contributed by atoms with Crippen LogP contribution in [0.3, 0.4) is 0 Å². The Morgan fingerprint density at radius 3 is 3.13 bits per heavy atom. The van der Waals surface area contributed by atoms with Crippen molar-refractivity contribution in [3.63, 3.8) is 0 Å². The van der Waals surface area contributed by atoms with Crippen molar-refractivity contribution in [1.29, 1.82) is 0 Å². The van der Waals surface area contributed by atoms with E-state index >= 15 is 0 Å². The number of thiophene rings is 1. The maximum Gasteiger partial charge on any atom is 0.196 e. The molecule has 1 aliphatic heterocycles. The van der Waals surface area contributed by atoms with Crippen LogP contribution < -0.4 is 0 Å². The summed E-state index contributed by atoms with van der Waals surface area (Å²) in [7, 11) is 0. The highest BCUT2D eigenvalue weighted by molar-refractivity contribution is 7.71. The molecule has 4 nitrogen and oxygen atoms in total. The molecule has 3 aromatic heterocycles. The van der Waals surface area contributed by atoms with E-state index in [0.717, 1.165) is 37.4 Å². The third-order valence-corrected chi connectivity index (χ3v) is 4.96. The van der Waals surface area contributed by atoms with Crippen LogP contribution in [-0.4, -0.2) is 26.4 Å². The van der Waals surface area contributed by atoms with E-state index in [9.17, 15) is 0 Å². The Morgan fingerprint density at radius 2 is 2.26 bits per heavy atom. The lowest BCUT2D eigenvalue weighted by Crippen LogP contribution is -2.31. The Hall–Kier alpha value is -1.89. The Kier molecular flexibility index (Phi) is 4.03. The number of pyridine rings is 1. The minimum Gasteiger partial charge on any atom is -0.334 e. The summed E-state index contributed by atoms with van der Waals surface area (Å²) < 4.78 is 0.572. The second kappa shape index (κ2) is 6.31. The van der Waals surface area contributed by atoms with Gasteiger partial charge in [0.15, 0.2) is 4.77 Å². The first-order chi connectivity index (χ1) is 11.3. The van der Waals surface area contributed by atoms with Crippen molar-refractivity contribution in [3.8, 4) is 11.3 Å². The van der Waals surface area contributed by atoms with Crippen molar-refractivity contribution in [2.24, 2.45) is 0 Å². The van der Waals surface area contributed by atoms with Crippen molar-refractivity contribution in [2.75, 3.05) is 6.54 Å². The molecule has 6 heteroatoms. The molecular formula is C17H16N4S2. The SMILES string of the molecule is S=c1ncc2c([nH]1)CCN(Cc1cccc(-c3ccsc3)n1)C2. The third-order valence-electron chi connectivity index (χ3n) is 4.06. The van der Waals surface area contributed by atoms with E-state index in [2.05, 4.69) is 49.9 Å². The average Bonchev–Trinajstić information content (AvgIpc) is 3.10. The topological polar surface area (TPSA) is 44.8 Å². The predicted molar refractivity (Wildman–Crippen MR) is 94.8 cm³/mol. The first-order valence-electron chi connectivity index (χ1n) is 7.56. The van der Waals surface area contributed by atoms with Crippen LogP contribution in [0.4, 0.5) is 0 Å². The zero-order valence-corrected chi connectivity index (χ0v) is 14.2. The van der Waals surface area contributed by atoms with Crippen LogP contribution in [0.1, 0.15) is 17.0 Å². The van der Waals surface area contributed by atoms with Gasteiger partial charge in [0.1, 0.15) is 0 Å². The van der Waals surface area contributed by atoms with Crippen LogP contribution in [0.25, 0.3) is 11.3 Å². The summed E-state index contributed by atoms with van der Waals surface area (Å²) in [6.45, 7) is 2.75. The number of aromatic amines is 1. The van der Waals surface area contributed by atoms with E-state index in [0.29, 0.717) is 4.77 Å². The molecule has 1 N–H and O–H groups in total. The lowest BCUT2D eigenvalue weighted by atomic mass is 10.1. The predicted octanol–water partition coefficient (Wildman–Crippen LogP) is 3.82. The molecule has 23 heavy (non-hydrogen) atoms. The number of fused-ring (bicyclic) bond motifs is 1. The van der Waals surface area contributed by atoms with Gasteiger partial charge in [-0.2, -0.15) is 11.3 Å². The average molecular weight is 340 g/mol. The highest BCUT2D eigenvalue weighted by Gasteiger charge is 2.17. The molecule has 0 saturated heterocycles. The van der Waals surface area contributed by atoms with E-state index in [1.807, 2.05) is 6.20 Å². The van der Waals surface area contributed by atoms with E-state index < -0.39 is 0 Å². The fourth-order valence-electron chi connectivity index (χ4n) is 2.91. The molecule has 4 heterocycles. The number of H-pyrrole nitrogens is 1. The van der Waals surface area contributed by atoms with Gasteiger partial charge in [-0.25, -0.2) is 4.98 Å². The van der Waals surface area contributed by atoms with E-state index in [-0.39, 0.29) is 0 Å². The lowest BCUT2D eigenvalue weighted by Gasteiger charge is -2.27. The van der Waals surface area contributed by atoms with Crippen molar-refractivity contribution >= 4 is 23.6 Å². The fraction of sp³-hybridized carbons (Fsp3) is 0.235. The standard InChI is InChI=1S/C17H16N4S2/c22-17-18-8-13-9-21(6-4-16(13)20-17)10-14-2-1-3-15(19-14)12-5-7-23-11-12/h1-3,5,7-8,11H,4,6,9-10H2,(H,18,20,22). The fourth-order valence-corrected chi connectivity index (χ4v) is 3.73. The molecule has 3 aromatic rings. The van der Waals surface area contributed by atoms with Crippen LogP contribution in [0, 0.1) is 4.77 Å². The van der Waals surface area contributed by atoms with Crippen molar-refractivity contribution in [2.45, 2.75) is 19.5 Å². The van der Waals surface area contributed by atoms with E-state index in [1.54, 1.807) is 11.3 Å². The van der Waals surface area contributed by atoms with Crippen molar-refractivity contribution < 1.29 is 0 Å². The second-order valence-electron chi connectivity index (χ2n) is 5.68. The minimum absolute atomic E-state index is 0.572. The van der Waals surface area contributed by atoms with Gasteiger partial charge in [0.2, 0.25) is 0 Å². The van der Waals surface area contributed by atoms with Crippen LogP contribution in [0.5, 0.6) is 0 Å². The summed E-state index contributed by atoms with van der Waals surface area (Å²) in [5.74, 6) is 0.